The van der Waals surface area contributed by atoms with Crippen LogP contribution in [-0.4, -0.2) is 34.5 Å². The topological polar surface area (TPSA) is 53.0 Å². The maximum Gasteiger partial charge on any atom is 0.227 e. The number of hydrogen-bond acceptors (Lipinski definition) is 4. The van der Waals surface area contributed by atoms with Gasteiger partial charge in [-0.05, 0) is 45.7 Å². The summed E-state index contributed by atoms with van der Waals surface area (Å²) < 4.78 is 6.12. The molecular formula is C19H29ClN2O3. The molecular weight excluding hydrogens is 340 g/mol. The van der Waals surface area contributed by atoms with Crippen LogP contribution in [0.1, 0.15) is 46.1 Å². The van der Waals surface area contributed by atoms with Gasteiger partial charge < -0.3 is 14.8 Å². The highest BCUT2D eigenvalue weighted by Gasteiger charge is 2.30. The van der Waals surface area contributed by atoms with Gasteiger partial charge in [0, 0.05) is 24.1 Å². The second-order valence-electron chi connectivity index (χ2n) is 7.04. The van der Waals surface area contributed by atoms with E-state index in [0.717, 1.165) is 17.0 Å². The monoisotopic (exact) mass is 368 g/mol. The van der Waals surface area contributed by atoms with Gasteiger partial charge in [0.1, 0.15) is 5.75 Å². The number of hydrogen-bond donors (Lipinski definition) is 1. The predicted octanol–water partition coefficient (Wildman–Crippen LogP) is 4.18. The Morgan fingerprint density at radius 1 is 1.40 bits per heavy atom. The van der Waals surface area contributed by atoms with Crippen molar-refractivity contribution < 1.29 is 14.7 Å². The Hall–Kier alpha value is -1.56. The zero-order chi connectivity index (χ0) is 17.9. The van der Waals surface area contributed by atoms with Gasteiger partial charge in [0.15, 0.2) is 6.23 Å². The van der Waals surface area contributed by atoms with Gasteiger partial charge in [-0.3, -0.25) is 4.79 Å². The summed E-state index contributed by atoms with van der Waals surface area (Å²) in [5.41, 5.74) is 1.47. The fourth-order valence-electron chi connectivity index (χ4n) is 2.88. The number of rotatable bonds is 6. The molecule has 1 aliphatic rings. The Balaban J connectivity index is 0.00000312. The number of halogens is 1. The largest absolute Gasteiger partial charge is 0.473 e. The van der Waals surface area contributed by atoms with E-state index < -0.39 is 11.8 Å². The van der Waals surface area contributed by atoms with Crippen molar-refractivity contribution in [2.24, 2.45) is 0 Å². The first-order chi connectivity index (χ1) is 11.3. The highest BCUT2D eigenvalue weighted by Crippen LogP contribution is 2.36. The number of ether oxygens (including phenoxy) is 1. The van der Waals surface area contributed by atoms with Gasteiger partial charge in [0.25, 0.3) is 0 Å². The lowest BCUT2D eigenvalue weighted by Gasteiger charge is -2.37. The fraction of sp³-hybridized carbons (Fsp3) is 0.526. The Bertz CT molecular complexity index is 613. The maximum absolute atomic E-state index is 12.2. The molecule has 0 bridgehead atoms. The quantitative estimate of drug-likeness (QED) is 0.465. The molecule has 5 nitrogen and oxygen atoms in total. The summed E-state index contributed by atoms with van der Waals surface area (Å²) in [5, 5.41) is 11.7. The van der Waals surface area contributed by atoms with E-state index in [4.69, 9.17) is 4.74 Å². The molecule has 0 saturated carbocycles. The smallest absolute Gasteiger partial charge is 0.227 e. The summed E-state index contributed by atoms with van der Waals surface area (Å²) in [6.07, 6.45) is 3.04. The molecule has 6 heteroatoms. The first-order valence-corrected chi connectivity index (χ1v) is 8.47. The van der Waals surface area contributed by atoms with Crippen LogP contribution in [0.15, 0.2) is 30.9 Å². The number of hydroxylamine groups is 2. The van der Waals surface area contributed by atoms with Gasteiger partial charge in [-0.15, -0.1) is 24.0 Å². The summed E-state index contributed by atoms with van der Waals surface area (Å²) in [6.45, 7) is 12.0. The van der Waals surface area contributed by atoms with Crippen LogP contribution in [0, 0.1) is 0 Å². The van der Waals surface area contributed by atoms with Crippen molar-refractivity contribution in [2.45, 2.75) is 58.7 Å². The molecule has 25 heavy (non-hydrogen) atoms. The van der Waals surface area contributed by atoms with E-state index in [1.807, 2.05) is 45.9 Å². The summed E-state index contributed by atoms with van der Waals surface area (Å²) in [6, 6.07) is 5.72. The van der Waals surface area contributed by atoms with Crippen molar-refractivity contribution in [3.05, 3.63) is 36.4 Å². The third kappa shape index (κ3) is 4.75. The van der Waals surface area contributed by atoms with Gasteiger partial charge in [0.2, 0.25) is 5.91 Å². The molecule has 1 atom stereocenters. The lowest BCUT2D eigenvalue weighted by molar-refractivity contribution is -0.235. The highest BCUT2D eigenvalue weighted by molar-refractivity contribution is 5.97. The number of amides is 1. The summed E-state index contributed by atoms with van der Waals surface area (Å²) in [4.78, 5) is 13.9. The molecule has 1 N–H and O–H groups in total. The number of fused-ring (bicyclic) bond motifs is 1. The molecule has 1 aromatic carbocycles. The Morgan fingerprint density at radius 2 is 2.08 bits per heavy atom. The van der Waals surface area contributed by atoms with E-state index in [1.165, 1.54) is 5.06 Å². The molecule has 0 radical (unpaired) electrons. The minimum atomic E-state index is -0.443. The van der Waals surface area contributed by atoms with Crippen LogP contribution in [0.2, 0.25) is 0 Å². The first-order valence-electron chi connectivity index (χ1n) is 8.47. The molecule has 2 rings (SSSR count). The van der Waals surface area contributed by atoms with Gasteiger partial charge in [-0.1, -0.05) is 19.1 Å². The Kier molecular flexibility index (Phi) is 7.47. The van der Waals surface area contributed by atoms with Crippen molar-refractivity contribution in [3.63, 3.8) is 0 Å². The molecule has 1 aliphatic heterocycles. The normalized spacial score (nSPS) is 15.4. The number of benzene rings is 1. The molecule has 140 valence electrons. The van der Waals surface area contributed by atoms with E-state index in [-0.39, 0.29) is 18.3 Å². The molecule has 0 spiro atoms. The highest BCUT2D eigenvalue weighted by atomic mass is 35.5. The minimum Gasteiger partial charge on any atom is -0.473 e. The third-order valence-corrected chi connectivity index (χ3v) is 4.17. The maximum atomic E-state index is 12.2. The van der Waals surface area contributed by atoms with E-state index in [2.05, 4.69) is 6.58 Å². The van der Waals surface area contributed by atoms with E-state index >= 15 is 0 Å². The molecule has 0 aromatic heterocycles. The van der Waals surface area contributed by atoms with Crippen LogP contribution in [0.25, 0.3) is 0 Å². The van der Waals surface area contributed by atoms with Gasteiger partial charge in [0.05, 0.1) is 5.69 Å². The van der Waals surface area contributed by atoms with Crippen molar-refractivity contribution in [1.29, 1.82) is 0 Å². The minimum absolute atomic E-state index is 0. The van der Waals surface area contributed by atoms with Crippen molar-refractivity contribution >= 4 is 24.0 Å². The average molecular weight is 369 g/mol. The molecule has 1 aromatic rings. The van der Waals surface area contributed by atoms with Crippen molar-refractivity contribution in [3.8, 4) is 5.75 Å². The molecule has 1 heterocycles. The van der Waals surface area contributed by atoms with Gasteiger partial charge in [-0.2, -0.15) is 0 Å². The molecule has 1 unspecified atom stereocenters. The van der Waals surface area contributed by atoms with Crippen LogP contribution in [0.5, 0.6) is 5.75 Å². The number of carbonyl (C=O) groups is 1. The molecule has 0 aliphatic carbocycles. The van der Waals surface area contributed by atoms with Crippen LogP contribution < -0.4 is 9.64 Å². The SMILES string of the molecule is C=CCN1C(=O)CCc2c(OC(CC)N(O)C(C)(C)C)cccc21.Cl. The lowest BCUT2D eigenvalue weighted by atomic mass is 10.00. The zero-order valence-corrected chi connectivity index (χ0v) is 16.3. The average Bonchev–Trinajstić information content (AvgIpc) is 2.53. The van der Waals surface area contributed by atoms with Gasteiger partial charge in [-0.25, -0.2) is 0 Å². The fourth-order valence-corrected chi connectivity index (χ4v) is 2.88. The van der Waals surface area contributed by atoms with E-state index in [9.17, 15) is 10.0 Å². The van der Waals surface area contributed by atoms with Crippen LogP contribution in [0.3, 0.4) is 0 Å². The Morgan fingerprint density at radius 3 is 2.64 bits per heavy atom. The number of carbonyl (C=O) groups excluding carboxylic acids is 1. The zero-order valence-electron chi connectivity index (χ0n) is 15.5. The van der Waals surface area contributed by atoms with Gasteiger partial charge >= 0.3 is 0 Å². The third-order valence-electron chi connectivity index (χ3n) is 4.17. The van der Waals surface area contributed by atoms with Crippen LogP contribution in [-0.2, 0) is 11.2 Å². The summed E-state index contributed by atoms with van der Waals surface area (Å²) in [5.74, 6) is 0.828. The Labute approximate surface area is 156 Å². The second kappa shape index (κ2) is 8.70. The number of nitrogens with zero attached hydrogens (tertiary/aromatic N) is 2. The standard InChI is InChI=1S/C19H28N2O3.ClH/c1-6-13-20-15-9-8-10-16(14(15)11-12-17(20)22)24-18(7-2)21(23)19(3,4)5;/h6,8-10,18,23H,1,7,11-13H2,2-5H3;1H. The molecule has 0 saturated heterocycles. The molecule has 0 fully saturated rings. The first kappa shape index (κ1) is 21.5. The lowest BCUT2D eigenvalue weighted by Crippen LogP contribution is -2.48. The van der Waals surface area contributed by atoms with E-state index in [0.29, 0.717) is 25.8 Å². The van der Waals surface area contributed by atoms with Crippen LogP contribution >= 0.6 is 12.4 Å². The molecule has 1 amide bonds. The number of anilines is 1. The van der Waals surface area contributed by atoms with Crippen molar-refractivity contribution in [1.82, 2.24) is 5.06 Å². The second-order valence-corrected chi connectivity index (χ2v) is 7.04. The van der Waals surface area contributed by atoms with Crippen LogP contribution in [0.4, 0.5) is 5.69 Å². The van der Waals surface area contributed by atoms with E-state index in [1.54, 1.807) is 11.0 Å². The predicted molar refractivity (Wildman–Crippen MR) is 103 cm³/mol. The summed E-state index contributed by atoms with van der Waals surface area (Å²) in [7, 11) is 0. The van der Waals surface area contributed by atoms with Crippen molar-refractivity contribution in [2.75, 3.05) is 11.4 Å². The summed E-state index contributed by atoms with van der Waals surface area (Å²) >= 11 is 0.